The molecule has 0 radical (unpaired) electrons. The van der Waals surface area contributed by atoms with Crippen LogP contribution in [0.4, 0.5) is 11.6 Å². The number of benzene rings is 1. The topological polar surface area (TPSA) is 136 Å². The molecular formula is C28H35N9O3. The lowest BCUT2D eigenvalue weighted by Crippen LogP contribution is -2.31. The Bertz CT molecular complexity index is 1470. The van der Waals surface area contributed by atoms with Crippen LogP contribution in [0.2, 0.25) is 0 Å². The smallest absolute Gasteiger partial charge is 0.293 e. The molecule has 0 bridgehead atoms. The van der Waals surface area contributed by atoms with Crippen LogP contribution < -0.4 is 10.6 Å². The van der Waals surface area contributed by atoms with Crippen LogP contribution in [0, 0.1) is 0 Å². The first-order valence-electron chi connectivity index (χ1n) is 13.3. The third kappa shape index (κ3) is 6.35. The van der Waals surface area contributed by atoms with E-state index in [-0.39, 0.29) is 23.2 Å². The molecule has 4 aromatic rings. The fourth-order valence-corrected chi connectivity index (χ4v) is 4.63. The van der Waals surface area contributed by atoms with Crippen molar-refractivity contribution in [2.75, 3.05) is 32.1 Å². The second-order valence-corrected chi connectivity index (χ2v) is 11.0. The molecular weight excluding hydrogens is 510 g/mol. The number of nitrogens with zero attached hydrogens (tertiary/aromatic N) is 7. The van der Waals surface area contributed by atoms with Gasteiger partial charge in [-0.3, -0.25) is 14.4 Å². The molecule has 1 unspecified atom stereocenters. The van der Waals surface area contributed by atoms with E-state index in [9.17, 15) is 4.79 Å². The highest BCUT2D eigenvalue weighted by Crippen LogP contribution is 2.31. The first-order chi connectivity index (χ1) is 19.2. The highest BCUT2D eigenvalue weighted by Gasteiger charge is 2.28. The molecule has 0 saturated carbocycles. The maximum Gasteiger partial charge on any atom is 0.293 e. The van der Waals surface area contributed by atoms with Crippen LogP contribution in [-0.4, -0.2) is 67.5 Å². The summed E-state index contributed by atoms with van der Waals surface area (Å²) in [5, 5.41) is 14.4. The lowest BCUT2D eigenvalue weighted by molar-refractivity contribution is 0.0917. The Kier molecular flexibility index (Phi) is 7.90. The Labute approximate surface area is 233 Å². The number of methoxy groups -OCH3 is 1. The van der Waals surface area contributed by atoms with Gasteiger partial charge in [-0.1, -0.05) is 38.1 Å². The van der Waals surface area contributed by atoms with Gasteiger partial charge in [0.2, 0.25) is 11.8 Å². The average Bonchev–Trinajstić information content (AvgIpc) is 3.55. The molecule has 40 heavy (non-hydrogen) atoms. The molecule has 5 rings (SSSR count). The van der Waals surface area contributed by atoms with Crippen LogP contribution in [0.5, 0.6) is 0 Å². The Morgan fingerprint density at radius 2 is 2.08 bits per heavy atom. The van der Waals surface area contributed by atoms with Gasteiger partial charge < -0.3 is 19.9 Å². The normalized spacial score (nSPS) is 15.9. The minimum atomic E-state index is -0.355. The van der Waals surface area contributed by atoms with Crippen LogP contribution in [0.25, 0.3) is 11.3 Å². The Balaban J connectivity index is 1.41. The highest BCUT2D eigenvalue weighted by atomic mass is 16.5. The number of aromatic nitrogens is 6. The molecule has 0 spiro atoms. The second kappa shape index (κ2) is 11.5. The van der Waals surface area contributed by atoms with Crippen molar-refractivity contribution in [1.29, 1.82) is 0 Å². The van der Waals surface area contributed by atoms with Crippen molar-refractivity contribution in [2.45, 2.75) is 45.2 Å². The number of amides is 1. The Morgan fingerprint density at radius 1 is 1.23 bits per heavy atom. The molecule has 12 nitrogen and oxygen atoms in total. The van der Waals surface area contributed by atoms with Crippen molar-refractivity contribution < 1.29 is 14.1 Å². The number of rotatable bonds is 8. The molecule has 1 atom stereocenters. The minimum absolute atomic E-state index is 0.0400. The van der Waals surface area contributed by atoms with E-state index in [0.29, 0.717) is 18.4 Å². The summed E-state index contributed by atoms with van der Waals surface area (Å²) in [5.41, 5.74) is 4.39. The van der Waals surface area contributed by atoms with Gasteiger partial charge in [-0.2, -0.15) is 10.1 Å². The summed E-state index contributed by atoms with van der Waals surface area (Å²) in [7, 11) is 3.56. The van der Waals surface area contributed by atoms with Crippen LogP contribution in [0.15, 0.2) is 47.4 Å². The van der Waals surface area contributed by atoms with Crippen molar-refractivity contribution in [3.05, 3.63) is 65.7 Å². The third-order valence-corrected chi connectivity index (χ3v) is 6.75. The first-order valence-corrected chi connectivity index (χ1v) is 13.3. The lowest BCUT2D eigenvalue weighted by Gasteiger charge is -2.20. The summed E-state index contributed by atoms with van der Waals surface area (Å²) < 4.78 is 12.4. The Morgan fingerprint density at radius 3 is 2.80 bits per heavy atom. The molecule has 3 aromatic heterocycles. The van der Waals surface area contributed by atoms with Gasteiger partial charge in [-0.25, -0.2) is 9.97 Å². The standard InChI is InChI=1S/C28H35N9O3/c1-28(2,3)26-34-24(35-40-26)25(38)32-23-9-11-37(12-13-39-5)16-19-14-18(6-7-21(19)23)22-8-10-29-27(33-22)31-20-15-30-36(4)17-20/h6-8,10,14-15,17,23H,9,11-13,16H2,1-5H3,(H,32,38)(H,29,31,33). The summed E-state index contributed by atoms with van der Waals surface area (Å²) in [6, 6.07) is 7.92. The van der Waals surface area contributed by atoms with E-state index in [1.54, 1.807) is 24.2 Å². The zero-order valence-corrected chi connectivity index (χ0v) is 23.5. The van der Waals surface area contributed by atoms with Gasteiger partial charge in [0.1, 0.15) is 0 Å². The third-order valence-electron chi connectivity index (χ3n) is 6.75. The molecule has 1 aliphatic rings. The number of nitrogens with one attached hydrogen (secondary N) is 2. The van der Waals surface area contributed by atoms with Gasteiger partial charge in [0.05, 0.1) is 30.2 Å². The first kappa shape index (κ1) is 27.4. The predicted molar refractivity (Wildman–Crippen MR) is 149 cm³/mol. The molecule has 1 aromatic carbocycles. The van der Waals surface area contributed by atoms with Crippen LogP contribution >= 0.6 is 0 Å². The van der Waals surface area contributed by atoms with Crippen molar-refractivity contribution in [3.8, 4) is 11.3 Å². The predicted octanol–water partition coefficient (Wildman–Crippen LogP) is 3.62. The summed E-state index contributed by atoms with van der Waals surface area (Å²) in [6.07, 6.45) is 6.05. The number of aryl methyl sites for hydroxylation is 1. The number of anilines is 2. The molecule has 0 saturated heterocycles. The molecule has 2 N–H and O–H groups in total. The fourth-order valence-electron chi connectivity index (χ4n) is 4.63. The number of fused-ring (bicyclic) bond motifs is 1. The molecule has 1 aliphatic heterocycles. The average molecular weight is 546 g/mol. The summed E-state index contributed by atoms with van der Waals surface area (Å²) in [5.74, 6) is 0.600. The van der Waals surface area contributed by atoms with E-state index in [1.165, 1.54) is 0 Å². The van der Waals surface area contributed by atoms with Gasteiger partial charge in [0.15, 0.2) is 0 Å². The van der Waals surface area contributed by atoms with Crippen molar-refractivity contribution in [2.24, 2.45) is 7.05 Å². The van der Waals surface area contributed by atoms with E-state index >= 15 is 0 Å². The summed E-state index contributed by atoms with van der Waals surface area (Å²) >= 11 is 0. The maximum atomic E-state index is 13.1. The lowest BCUT2D eigenvalue weighted by atomic mass is 9.96. The van der Waals surface area contributed by atoms with Crippen molar-refractivity contribution >= 4 is 17.5 Å². The largest absolute Gasteiger partial charge is 0.383 e. The van der Waals surface area contributed by atoms with E-state index in [4.69, 9.17) is 14.2 Å². The van der Waals surface area contributed by atoms with Crippen LogP contribution in [-0.2, 0) is 23.7 Å². The minimum Gasteiger partial charge on any atom is -0.383 e. The molecule has 4 heterocycles. The van der Waals surface area contributed by atoms with E-state index in [1.807, 2.05) is 46.1 Å². The van der Waals surface area contributed by atoms with Crippen LogP contribution in [0.3, 0.4) is 0 Å². The number of carbonyl (C=O) groups is 1. The quantitative estimate of drug-likeness (QED) is 0.338. The van der Waals surface area contributed by atoms with Gasteiger partial charge in [-0.05, 0) is 29.7 Å². The number of ether oxygens (including phenoxy) is 1. The van der Waals surface area contributed by atoms with Gasteiger partial charge in [0, 0.05) is 57.2 Å². The number of hydrogen-bond donors (Lipinski definition) is 2. The zero-order chi connectivity index (χ0) is 28.3. The second-order valence-electron chi connectivity index (χ2n) is 11.0. The number of hydrogen-bond acceptors (Lipinski definition) is 10. The van der Waals surface area contributed by atoms with Crippen LogP contribution in [0.1, 0.15) is 60.9 Å². The summed E-state index contributed by atoms with van der Waals surface area (Å²) in [6.45, 7) is 8.82. The fraction of sp³-hybridized carbons (Fsp3) is 0.429. The molecule has 12 heteroatoms. The molecule has 1 amide bonds. The monoisotopic (exact) mass is 545 g/mol. The molecule has 0 fully saturated rings. The van der Waals surface area contributed by atoms with E-state index < -0.39 is 0 Å². The maximum absolute atomic E-state index is 13.1. The van der Waals surface area contributed by atoms with E-state index in [0.717, 1.165) is 54.1 Å². The molecule has 210 valence electrons. The van der Waals surface area contributed by atoms with Crippen molar-refractivity contribution in [1.82, 2.24) is 40.1 Å². The SMILES string of the molecule is COCCN1CCC(NC(=O)c2noc(C(C)(C)C)n2)c2ccc(-c3ccnc(Nc4cnn(C)c4)n3)cc2C1. The van der Waals surface area contributed by atoms with Gasteiger partial charge in [0.25, 0.3) is 11.7 Å². The van der Waals surface area contributed by atoms with Gasteiger partial charge in [-0.15, -0.1) is 0 Å². The Hall–Kier alpha value is -4.16. The zero-order valence-electron chi connectivity index (χ0n) is 23.5. The van der Waals surface area contributed by atoms with Crippen molar-refractivity contribution in [3.63, 3.8) is 0 Å². The van der Waals surface area contributed by atoms with E-state index in [2.05, 4.69) is 47.9 Å². The summed E-state index contributed by atoms with van der Waals surface area (Å²) in [4.78, 5) is 28.9. The van der Waals surface area contributed by atoms with Gasteiger partial charge >= 0.3 is 0 Å². The number of carbonyl (C=O) groups excluding carboxylic acids is 1. The highest BCUT2D eigenvalue weighted by molar-refractivity contribution is 5.90. The molecule has 0 aliphatic carbocycles.